The van der Waals surface area contributed by atoms with Crippen LogP contribution in [-0.4, -0.2) is 39.9 Å². The fraction of sp³-hybridized carbons (Fsp3) is 0.480. The molecular formula is C25H29F3N4O2S. The molecule has 1 saturated heterocycles. The van der Waals surface area contributed by atoms with Crippen molar-refractivity contribution < 1.29 is 22.8 Å². The second-order valence-corrected chi connectivity index (χ2v) is 10.6. The van der Waals surface area contributed by atoms with Crippen LogP contribution in [0.4, 0.5) is 23.7 Å². The van der Waals surface area contributed by atoms with E-state index in [-0.39, 0.29) is 28.3 Å². The van der Waals surface area contributed by atoms with E-state index in [2.05, 4.69) is 10.3 Å². The Balaban J connectivity index is 1.79. The highest BCUT2D eigenvalue weighted by atomic mass is 32.2. The second-order valence-electron chi connectivity index (χ2n) is 9.45. The number of benzene rings is 1. The van der Waals surface area contributed by atoms with Gasteiger partial charge >= 0.3 is 11.5 Å². The van der Waals surface area contributed by atoms with E-state index in [1.54, 1.807) is 38.2 Å². The topological polar surface area (TPSA) is 65.5 Å². The van der Waals surface area contributed by atoms with E-state index in [1.807, 2.05) is 12.1 Å². The van der Waals surface area contributed by atoms with Crippen molar-refractivity contribution in [2.24, 2.45) is 5.92 Å². The number of carbonyl (C=O) groups is 2. The molecule has 1 aromatic carbocycles. The predicted octanol–water partition coefficient (Wildman–Crippen LogP) is 5.89. The summed E-state index contributed by atoms with van der Waals surface area (Å²) in [5.41, 5.74) is -5.50. The largest absolute Gasteiger partial charge is 0.446 e. The zero-order valence-electron chi connectivity index (χ0n) is 19.9. The third-order valence-electron chi connectivity index (χ3n) is 7.05. The van der Waals surface area contributed by atoms with Gasteiger partial charge in [0.05, 0.1) is 5.69 Å². The number of amides is 3. The van der Waals surface area contributed by atoms with Crippen molar-refractivity contribution in [2.75, 3.05) is 11.9 Å². The van der Waals surface area contributed by atoms with Crippen LogP contribution < -0.4 is 10.2 Å². The van der Waals surface area contributed by atoms with Crippen molar-refractivity contribution in [2.45, 2.75) is 67.6 Å². The minimum atomic E-state index is -4.42. The number of alkyl halides is 3. The molecule has 4 rings (SSSR count). The SMILES string of the molecule is CNC(c1ccncc1)(C1CCCCC1)N1C(=O)N(c2ccc(SC(F)(F)F)cc2)C(=O)C1(C)C. The molecular weight excluding hydrogens is 477 g/mol. The van der Waals surface area contributed by atoms with E-state index in [0.717, 1.165) is 42.6 Å². The minimum Gasteiger partial charge on any atom is -0.294 e. The van der Waals surface area contributed by atoms with E-state index < -0.39 is 28.6 Å². The molecule has 2 heterocycles. The summed E-state index contributed by atoms with van der Waals surface area (Å²) in [5, 5.41) is 3.43. The highest BCUT2D eigenvalue weighted by Crippen LogP contribution is 2.48. The summed E-state index contributed by atoms with van der Waals surface area (Å²) in [6, 6.07) is 8.55. The van der Waals surface area contributed by atoms with Gasteiger partial charge in [0, 0.05) is 23.2 Å². The number of pyridine rings is 1. The normalized spacial score (nSPS) is 20.9. The number of carbonyl (C=O) groups excluding carboxylic acids is 2. The van der Waals surface area contributed by atoms with Gasteiger partial charge < -0.3 is 0 Å². The fourth-order valence-corrected chi connectivity index (χ4v) is 6.08. The average molecular weight is 507 g/mol. The number of thioether (sulfide) groups is 1. The number of nitrogens with zero attached hydrogens (tertiary/aromatic N) is 3. The number of hydrogen-bond acceptors (Lipinski definition) is 5. The molecule has 2 aliphatic rings. The van der Waals surface area contributed by atoms with Crippen LogP contribution in [0.25, 0.3) is 0 Å². The van der Waals surface area contributed by atoms with Crippen molar-refractivity contribution in [3.63, 3.8) is 0 Å². The van der Waals surface area contributed by atoms with Gasteiger partial charge in [0.15, 0.2) is 0 Å². The molecule has 1 N–H and O–H groups in total. The lowest BCUT2D eigenvalue weighted by Crippen LogP contribution is -2.66. The van der Waals surface area contributed by atoms with Gasteiger partial charge in [0.2, 0.25) is 0 Å². The first kappa shape index (κ1) is 25.5. The monoisotopic (exact) mass is 506 g/mol. The van der Waals surface area contributed by atoms with Crippen LogP contribution in [0.3, 0.4) is 0 Å². The first-order valence-corrected chi connectivity index (χ1v) is 12.5. The molecule has 1 aromatic heterocycles. The number of nitrogens with one attached hydrogen (secondary N) is 1. The molecule has 0 bridgehead atoms. The summed E-state index contributed by atoms with van der Waals surface area (Å²) in [4.78, 5) is 34.6. The maximum atomic E-state index is 14.1. The molecule has 3 amide bonds. The minimum absolute atomic E-state index is 0.0139. The molecule has 1 unspecified atom stereocenters. The Morgan fingerprint density at radius 2 is 1.60 bits per heavy atom. The van der Waals surface area contributed by atoms with Crippen molar-refractivity contribution in [1.82, 2.24) is 15.2 Å². The van der Waals surface area contributed by atoms with E-state index in [1.165, 1.54) is 24.3 Å². The van der Waals surface area contributed by atoms with Gasteiger partial charge in [-0.3, -0.25) is 20.0 Å². The molecule has 2 aromatic rings. The number of halogens is 3. The molecule has 1 saturated carbocycles. The van der Waals surface area contributed by atoms with Crippen LogP contribution in [0.15, 0.2) is 53.7 Å². The van der Waals surface area contributed by atoms with E-state index in [9.17, 15) is 22.8 Å². The molecule has 1 aliphatic carbocycles. The Morgan fingerprint density at radius 1 is 1.00 bits per heavy atom. The summed E-state index contributed by atoms with van der Waals surface area (Å²) in [6.45, 7) is 3.44. The quantitative estimate of drug-likeness (QED) is 0.391. The van der Waals surface area contributed by atoms with E-state index >= 15 is 0 Å². The number of rotatable bonds is 6. The van der Waals surface area contributed by atoms with Crippen LogP contribution in [0.1, 0.15) is 51.5 Å². The van der Waals surface area contributed by atoms with Crippen LogP contribution >= 0.6 is 11.8 Å². The third-order valence-corrected chi connectivity index (χ3v) is 7.79. The first-order valence-electron chi connectivity index (χ1n) is 11.7. The number of aromatic nitrogens is 1. The molecule has 35 heavy (non-hydrogen) atoms. The highest BCUT2D eigenvalue weighted by Gasteiger charge is 2.61. The summed E-state index contributed by atoms with van der Waals surface area (Å²) in [7, 11) is 1.80. The number of urea groups is 1. The number of anilines is 1. The van der Waals surface area contributed by atoms with E-state index in [0.29, 0.717) is 0 Å². The molecule has 10 heteroatoms. The van der Waals surface area contributed by atoms with Gasteiger partial charge in [-0.2, -0.15) is 13.2 Å². The smallest absolute Gasteiger partial charge is 0.294 e. The fourth-order valence-electron chi connectivity index (χ4n) is 5.55. The molecule has 1 aliphatic heterocycles. The van der Waals surface area contributed by atoms with Gasteiger partial charge in [0.1, 0.15) is 11.2 Å². The molecule has 188 valence electrons. The number of hydrogen-bond donors (Lipinski definition) is 1. The summed E-state index contributed by atoms with van der Waals surface area (Å²) in [6.07, 6.45) is 8.30. The molecule has 2 fully saturated rings. The van der Waals surface area contributed by atoms with Crippen molar-refractivity contribution in [1.29, 1.82) is 0 Å². The van der Waals surface area contributed by atoms with Crippen LogP contribution in [0.2, 0.25) is 0 Å². The maximum absolute atomic E-state index is 14.1. The first-order chi connectivity index (χ1) is 16.5. The summed E-state index contributed by atoms with van der Waals surface area (Å²) >= 11 is -0.237. The van der Waals surface area contributed by atoms with Gasteiger partial charge in [-0.05, 0) is 87.5 Å². The lowest BCUT2D eigenvalue weighted by Gasteiger charge is -2.52. The van der Waals surface area contributed by atoms with Crippen molar-refractivity contribution in [3.05, 3.63) is 54.4 Å². The molecule has 0 radical (unpaired) electrons. The summed E-state index contributed by atoms with van der Waals surface area (Å²) in [5.74, 6) is -0.367. The van der Waals surface area contributed by atoms with Gasteiger partial charge in [-0.25, -0.2) is 9.69 Å². The lowest BCUT2D eigenvalue weighted by atomic mass is 9.74. The van der Waals surface area contributed by atoms with Crippen LogP contribution in [0.5, 0.6) is 0 Å². The van der Waals surface area contributed by atoms with Crippen LogP contribution in [0, 0.1) is 5.92 Å². The van der Waals surface area contributed by atoms with Gasteiger partial charge in [-0.1, -0.05) is 19.3 Å². The number of imide groups is 1. The Kier molecular flexibility index (Phi) is 6.89. The molecule has 1 atom stereocenters. The molecule has 0 spiro atoms. The second kappa shape index (κ2) is 9.46. The van der Waals surface area contributed by atoms with Gasteiger partial charge in [-0.15, -0.1) is 0 Å². The lowest BCUT2D eigenvalue weighted by molar-refractivity contribution is -0.128. The predicted molar refractivity (Wildman–Crippen MR) is 129 cm³/mol. The zero-order chi connectivity index (χ0) is 25.4. The highest BCUT2D eigenvalue weighted by molar-refractivity contribution is 8.00. The van der Waals surface area contributed by atoms with Crippen molar-refractivity contribution >= 4 is 29.4 Å². The van der Waals surface area contributed by atoms with Crippen molar-refractivity contribution in [3.8, 4) is 0 Å². The Labute approximate surface area is 207 Å². The van der Waals surface area contributed by atoms with Crippen LogP contribution in [-0.2, 0) is 10.5 Å². The Hall–Kier alpha value is -2.59. The molecule has 6 nitrogen and oxygen atoms in total. The standard InChI is InChI=1S/C25H29F3N4O2S/c1-23(2)21(33)31(19-9-11-20(12-10-19)35-25(26,27)28)22(34)32(23)24(29-3,17-7-5-4-6-8-17)18-13-15-30-16-14-18/h9-17,29H,4-8H2,1-3H3. The zero-order valence-corrected chi connectivity index (χ0v) is 20.7. The Morgan fingerprint density at radius 3 is 2.14 bits per heavy atom. The van der Waals surface area contributed by atoms with Gasteiger partial charge in [0.25, 0.3) is 5.91 Å². The Bertz CT molecular complexity index is 1070. The van der Waals surface area contributed by atoms with E-state index in [4.69, 9.17) is 0 Å². The maximum Gasteiger partial charge on any atom is 0.446 e. The summed E-state index contributed by atoms with van der Waals surface area (Å²) < 4.78 is 38.3. The third kappa shape index (κ3) is 4.53. The average Bonchev–Trinajstić information content (AvgIpc) is 3.01.